The molecule has 0 saturated carbocycles. The molecular formula is C13H15N3O3. The first-order valence-corrected chi connectivity index (χ1v) is 5.70. The van der Waals surface area contributed by atoms with Crippen molar-refractivity contribution in [1.29, 1.82) is 0 Å². The Kier molecular flexibility index (Phi) is 3.41. The topological polar surface area (TPSA) is 90.4 Å². The molecule has 0 spiro atoms. The van der Waals surface area contributed by atoms with Crippen molar-refractivity contribution in [1.82, 2.24) is 5.16 Å². The standard InChI is InChI=1S/C13H15N3O3/c1-7-12(8(2)19-16-7)13(17)15-9-4-5-11(18-3)10(14)6-9/h4-6H,14H2,1-3H3,(H,15,17). The second-order valence-electron chi connectivity index (χ2n) is 4.11. The summed E-state index contributed by atoms with van der Waals surface area (Å²) in [4.78, 5) is 12.1. The third-order valence-corrected chi connectivity index (χ3v) is 2.75. The van der Waals surface area contributed by atoms with E-state index in [9.17, 15) is 4.79 Å². The molecule has 0 bridgehead atoms. The van der Waals surface area contributed by atoms with Gasteiger partial charge in [-0.1, -0.05) is 5.16 Å². The van der Waals surface area contributed by atoms with Gasteiger partial charge in [-0.3, -0.25) is 4.79 Å². The van der Waals surface area contributed by atoms with Crippen LogP contribution in [0.15, 0.2) is 22.7 Å². The lowest BCUT2D eigenvalue weighted by molar-refractivity contribution is 0.102. The van der Waals surface area contributed by atoms with E-state index in [1.807, 2.05) is 0 Å². The molecule has 6 nitrogen and oxygen atoms in total. The number of nitrogen functional groups attached to an aromatic ring is 1. The molecule has 0 aliphatic heterocycles. The highest BCUT2D eigenvalue weighted by Gasteiger charge is 2.17. The number of carbonyl (C=O) groups excluding carboxylic acids is 1. The molecule has 19 heavy (non-hydrogen) atoms. The molecule has 100 valence electrons. The lowest BCUT2D eigenvalue weighted by atomic mass is 10.2. The minimum absolute atomic E-state index is 0.277. The van der Waals surface area contributed by atoms with E-state index in [2.05, 4.69) is 10.5 Å². The second-order valence-corrected chi connectivity index (χ2v) is 4.11. The molecule has 0 radical (unpaired) electrons. The zero-order valence-electron chi connectivity index (χ0n) is 11.0. The maximum atomic E-state index is 12.1. The Morgan fingerprint density at radius 2 is 2.16 bits per heavy atom. The molecule has 0 fully saturated rings. The zero-order chi connectivity index (χ0) is 14.0. The number of carbonyl (C=O) groups is 1. The number of rotatable bonds is 3. The molecule has 1 heterocycles. The number of hydrogen-bond donors (Lipinski definition) is 2. The minimum Gasteiger partial charge on any atom is -0.495 e. The van der Waals surface area contributed by atoms with Gasteiger partial charge in [0.15, 0.2) is 0 Å². The van der Waals surface area contributed by atoms with Crippen LogP contribution in [0.2, 0.25) is 0 Å². The van der Waals surface area contributed by atoms with Crippen LogP contribution in [0.4, 0.5) is 11.4 Å². The molecule has 3 N–H and O–H groups in total. The van der Waals surface area contributed by atoms with Gasteiger partial charge in [0.25, 0.3) is 5.91 Å². The fraction of sp³-hybridized carbons (Fsp3) is 0.231. The number of methoxy groups -OCH3 is 1. The lowest BCUT2D eigenvalue weighted by Crippen LogP contribution is -2.13. The van der Waals surface area contributed by atoms with Crippen molar-refractivity contribution >= 4 is 17.3 Å². The summed E-state index contributed by atoms with van der Waals surface area (Å²) in [7, 11) is 1.54. The smallest absolute Gasteiger partial charge is 0.261 e. The van der Waals surface area contributed by atoms with Crippen LogP contribution in [0.3, 0.4) is 0 Å². The molecule has 0 aliphatic rings. The number of nitrogens with two attached hydrogens (primary N) is 1. The first-order valence-electron chi connectivity index (χ1n) is 5.70. The van der Waals surface area contributed by atoms with Gasteiger partial charge in [-0.2, -0.15) is 0 Å². The third-order valence-electron chi connectivity index (χ3n) is 2.75. The fourth-order valence-corrected chi connectivity index (χ4v) is 1.81. The number of nitrogens with zero attached hydrogens (tertiary/aromatic N) is 1. The Hall–Kier alpha value is -2.50. The highest BCUT2D eigenvalue weighted by atomic mass is 16.5. The second kappa shape index (κ2) is 5.01. The first-order chi connectivity index (χ1) is 9.02. The number of ether oxygens (including phenoxy) is 1. The number of anilines is 2. The van der Waals surface area contributed by atoms with Gasteiger partial charge in [0.2, 0.25) is 0 Å². The number of benzene rings is 1. The van der Waals surface area contributed by atoms with Gasteiger partial charge in [0.1, 0.15) is 17.1 Å². The summed E-state index contributed by atoms with van der Waals surface area (Å²) in [6.45, 7) is 3.41. The molecule has 2 aromatic rings. The maximum Gasteiger partial charge on any atom is 0.261 e. The summed E-state index contributed by atoms with van der Waals surface area (Å²) < 4.78 is 10.0. The summed E-state index contributed by atoms with van der Waals surface area (Å²) >= 11 is 0. The SMILES string of the molecule is COc1ccc(NC(=O)c2c(C)noc2C)cc1N. The van der Waals surface area contributed by atoms with E-state index in [0.717, 1.165) is 0 Å². The van der Waals surface area contributed by atoms with Crippen molar-refractivity contribution < 1.29 is 14.1 Å². The first kappa shape index (κ1) is 12.9. The predicted octanol–water partition coefficient (Wildman–Crippen LogP) is 2.13. The number of aromatic nitrogens is 1. The molecule has 1 amide bonds. The van der Waals surface area contributed by atoms with E-state index in [1.165, 1.54) is 7.11 Å². The average Bonchev–Trinajstić information content (AvgIpc) is 2.69. The van der Waals surface area contributed by atoms with Gasteiger partial charge < -0.3 is 20.3 Å². The summed E-state index contributed by atoms with van der Waals surface area (Å²) in [5.41, 5.74) is 7.81. The molecule has 0 unspecified atom stereocenters. The average molecular weight is 261 g/mol. The Labute approximate surface area is 110 Å². The van der Waals surface area contributed by atoms with E-state index in [1.54, 1.807) is 32.0 Å². The van der Waals surface area contributed by atoms with Crippen LogP contribution < -0.4 is 15.8 Å². The van der Waals surface area contributed by atoms with E-state index in [4.69, 9.17) is 15.0 Å². The van der Waals surface area contributed by atoms with Crippen LogP contribution in [-0.2, 0) is 0 Å². The molecule has 0 atom stereocenters. The van der Waals surface area contributed by atoms with Crippen LogP contribution in [0.1, 0.15) is 21.8 Å². The summed E-state index contributed by atoms with van der Waals surface area (Å²) in [6, 6.07) is 5.04. The summed E-state index contributed by atoms with van der Waals surface area (Å²) in [5.74, 6) is 0.771. The van der Waals surface area contributed by atoms with Crippen LogP contribution in [0.25, 0.3) is 0 Å². The monoisotopic (exact) mass is 261 g/mol. The van der Waals surface area contributed by atoms with Crippen LogP contribution >= 0.6 is 0 Å². The van der Waals surface area contributed by atoms with Gasteiger partial charge in [-0.15, -0.1) is 0 Å². The Morgan fingerprint density at radius 3 is 2.68 bits per heavy atom. The van der Waals surface area contributed by atoms with E-state index in [0.29, 0.717) is 34.1 Å². The molecular weight excluding hydrogens is 246 g/mol. The predicted molar refractivity (Wildman–Crippen MR) is 71.3 cm³/mol. The molecule has 0 saturated heterocycles. The quantitative estimate of drug-likeness (QED) is 0.826. The largest absolute Gasteiger partial charge is 0.495 e. The van der Waals surface area contributed by atoms with Crippen LogP contribution in [0, 0.1) is 13.8 Å². The number of aryl methyl sites for hydroxylation is 2. The number of amides is 1. The zero-order valence-corrected chi connectivity index (χ0v) is 11.0. The van der Waals surface area contributed by atoms with Gasteiger partial charge >= 0.3 is 0 Å². The highest BCUT2D eigenvalue weighted by molar-refractivity contribution is 6.05. The van der Waals surface area contributed by atoms with Gasteiger partial charge in [-0.25, -0.2) is 0 Å². The van der Waals surface area contributed by atoms with E-state index in [-0.39, 0.29) is 5.91 Å². The lowest BCUT2D eigenvalue weighted by Gasteiger charge is -2.08. The fourth-order valence-electron chi connectivity index (χ4n) is 1.81. The summed E-state index contributed by atoms with van der Waals surface area (Å²) in [5, 5.41) is 6.49. The highest BCUT2D eigenvalue weighted by Crippen LogP contribution is 2.25. The Morgan fingerprint density at radius 1 is 1.42 bits per heavy atom. The number of nitrogens with one attached hydrogen (secondary N) is 1. The van der Waals surface area contributed by atoms with Crippen molar-refractivity contribution in [2.45, 2.75) is 13.8 Å². The van der Waals surface area contributed by atoms with Crippen molar-refractivity contribution in [3.05, 3.63) is 35.2 Å². The van der Waals surface area contributed by atoms with Crippen molar-refractivity contribution in [3.8, 4) is 5.75 Å². The van der Waals surface area contributed by atoms with Crippen molar-refractivity contribution in [2.24, 2.45) is 0 Å². The summed E-state index contributed by atoms with van der Waals surface area (Å²) in [6.07, 6.45) is 0. The van der Waals surface area contributed by atoms with Gasteiger partial charge in [-0.05, 0) is 32.0 Å². The van der Waals surface area contributed by atoms with Crippen LogP contribution in [-0.4, -0.2) is 18.2 Å². The van der Waals surface area contributed by atoms with Gasteiger partial charge in [0, 0.05) is 5.69 Å². The van der Waals surface area contributed by atoms with Crippen molar-refractivity contribution in [3.63, 3.8) is 0 Å². The molecule has 6 heteroatoms. The Balaban J connectivity index is 2.22. The molecule has 2 rings (SSSR count). The van der Waals surface area contributed by atoms with E-state index < -0.39 is 0 Å². The molecule has 1 aromatic heterocycles. The minimum atomic E-state index is -0.277. The third kappa shape index (κ3) is 2.52. The molecule has 0 aliphatic carbocycles. The van der Waals surface area contributed by atoms with Gasteiger partial charge in [0.05, 0.1) is 18.5 Å². The maximum absolute atomic E-state index is 12.1. The molecule has 1 aromatic carbocycles. The van der Waals surface area contributed by atoms with Crippen molar-refractivity contribution in [2.75, 3.05) is 18.2 Å². The van der Waals surface area contributed by atoms with E-state index >= 15 is 0 Å². The van der Waals surface area contributed by atoms with Crippen LogP contribution in [0.5, 0.6) is 5.75 Å². The Bertz CT molecular complexity index is 600. The number of hydrogen-bond acceptors (Lipinski definition) is 5. The normalized spacial score (nSPS) is 10.3.